The van der Waals surface area contributed by atoms with Crippen LogP contribution in [0, 0.1) is 0 Å². The Bertz CT molecular complexity index is 662. The van der Waals surface area contributed by atoms with E-state index >= 15 is 0 Å². The summed E-state index contributed by atoms with van der Waals surface area (Å²) < 4.78 is 46.7. The molecular weight excluding hydrogens is 419 g/mol. The van der Waals surface area contributed by atoms with E-state index in [1.54, 1.807) is 18.2 Å². The number of anilines is 1. The molecule has 0 aliphatic carbocycles. The summed E-state index contributed by atoms with van der Waals surface area (Å²) in [4.78, 5) is 0. The number of nitrogens with two attached hydrogens (primary N) is 1. The fourth-order valence-corrected chi connectivity index (χ4v) is 2.40. The number of ether oxygens (including phenoxy) is 2. The molecule has 0 amide bonds. The lowest BCUT2D eigenvalue weighted by Crippen LogP contribution is -2.17. The van der Waals surface area contributed by atoms with Crippen LogP contribution in [0.3, 0.4) is 0 Å². The van der Waals surface area contributed by atoms with Crippen LogP contribution in [-0.2, 0) is 0 Å². The first-order chi connectivity index (χ1) is 9.74. The smallest absolute Gasteiger partial charge is 0.456 e. The molecule has 112 valence electrons. The molecule has 0 atom stereocenters. The lowest BCUT2D eigenvalue weighted by atomic mass is 10.3. The number of alkyl halides is 3. The van der Waals surface area contributed by atoms with Crippen LogP contribution >= 0.6 is 31.9 Å². The maximum atomic E-state index is 12.2. The maximum absolute atomic E-state index is 12.2. The van der Waals surface area contributed by atoms with Crippen molar-refractivity contribution in [3.8, 4) is 17.2 Å². The molecule has 0 radical (unpaired) electrons. The number of rotatable bonds is 3. The Morgan fingerprint density at radius 2 is 1.52 bits per heavy atom. The summed E-state index contributed by atoms with van der Waals surface area (Å²) in [5.74, 6) is 0.494. The van der Waals surface area contributed by atoms with E-state index in [4.69, 9.17) is 10.5 Å². The summed E-state index contributed by atoms with van der Waals surface area (Å²) in [5.41, 5.74) is 6.17. The van der Waals surface area contributed by atoms with Gasteiger partial charge < -0.3 is 15.2 Å². The van der Waals surface area contributed by atoms with E-state index in [1.807, 2.05) is 0 Å². The molecule has 0 saturated carbocycles. The largest absolute Gasteiger partial charge is 0.573 e. The Hall–Kier alpha value is -1.41. The van der Waals surface area contributed by atoms with Gasteiger partial charge >= 0.3 is 6.36 Å². The SMILES string of the molecule is Nc1ccc(Oc2ccc(OC(F)(F)F)c(Br)c2)c(Br)c1. The van der Waals surface area contributed by atoms with Gasteiger partial charge in [-0.2, -0.15) is 0 Å². The molecule has 2 rings (SSSR count). The first-order valence-corrected chi connectivity index (χ1v) is 7.11. The minimum Gasteiger partial charge on any atom is -0.456 e. The number of halogens is 5. The van der Waals surface area contributed by atoms with Crippen LogP contribution in [0.4, 0.5) is 18.9 Å². The van der Waals surface area contributed by atoms with Crippen molar-refractivity contribution in [2.75, 3.05) is 5.73 Å². The quantitative estimate of drug-likeness (QED) is 0.660. The van der Waals surface area contributed by atoms with Crippen LogP contribution in [-0.4, -0.2) is 6.36 Å². The number of benzene rings is 2. The third kappa shape index (κ3) is 4.53. The molecule has 0 spiro atoms. The average molecular weight is 427 g/mol. The van der Waals surface area contributed by atoms with Crippen molar-refractivity contribution in [3.05, 3.63) is 45.3 Å². The third-order valence-electron chi connectivity index (χ3n) is 2.31. The van der Waals surface area contributed by atoms with Gasteiger partial charge in [-0.1, -0.05) is 0 Å². The summed E-state index contributed by atoms with van der Waals surface area (Å²) in [6.07, 6.45) is -4.75. The average Bonchev–Trinajstić information content (AvgIpc) is 2.35. The molecule has 0 aromatic heterocycles. The van der Waals surface area contributed by atoms with Gasteiger partial charge in [0.25, 0.3) is 0 Å². The highest BCUT2D eigenvalue weighted by Gasteiger charge is 2.32. The van der Waals surface area contributed by atoms with Crippen molar-refractivity contribution >= 4 is 37.5 Å². The summed E-state index contributed by atoms with van der Waals surface area (Å²) in [6, 6.07) is 8.87. The minimum absolute atomic E-state index is 0.129. The van der Waals surface area contributed by atoms with E-state index < -0.39 is 6.36 Å². The lowest BCUT2D eigenvalue weighted by molar-refractivity contribution is -0.274. The highest BCUT2D eigenvalue weighted by atomic mass is 79.9. The summed E-state index contributed by atoms with van der Waals surface area (Å²) >= 11 is 6.29. The number of hydrogen-bond acceptors (Lipinski definition) is 3. The second-order valence-corrected chi connectivity index (χ2v) is 5.64. The highest BCUT2D eigenvalue weighted by molar-refractivity contribution is 9.11. The van der Waals surface area contributed by atoms with E-state index in [9.17, 15) is 13.2 Å². The molecule has 0 aliphatic rings. The Balaban J connectivity index is 2.20. The molecule has 2 aromatic rings. The second kappa shape index (κ2) is 6.15. The van der Waals surface area contributed by atoms with Gasteiger partial charge in [-0.3, -0.25) is 0 Å². The lowest BCUT2D eigenvalue weighted by Gasteiger charge is -2.12. The van der Waals surface area contributed by atoms with E-state index in [0.717, 1.165) is 6.07 Å². The van der Waals surface area contributed by atoms with Crippen molar-refractivity contribution in [1.82, 2.24) is 0 Å². The Kier molecular flexibility index (Phi) is 4.67. The standard InChI is InChI=1S/C13H8Br2F3NO2/c14-9-5-7(19)1-3-11(9)20-8-2-4-12(10(15)6-8)21-13(16,17)18/h1-6H,19H2. The van der Waals surface area contributed by atoms with Gasteiger partial charge in [-0.25, -0.2) is 0 Å². The van der Waals surface area contributed by atoms with Crippen molar-refractivity contribution in [2.24, 2.45) is 0 Å². The van der Waals surface area contributed by atoms with Crippen molar-refractivity contribution in [1.29, 1.82) is 0 Å². The van der Waals surface area contributed by atoms with E-state index in [1.165, 1.54) is 12.1 Å². The first-order valence-electron chi connectivity index (χ1n) is 5.53. The zero-order chi connectivity index (χ0) is 15.6. The fourth-order valence-electron chi connectivity index (χ4n) is 1.48. The summed E-state index contributed by atoms with van der Waals surface area (Å²) in [6.45, 7) is 0. The summed E-state index contributed by atoms with van der Waals surface area (Å²) in [5, 5.41) is 0. The van der Waals surface area contributed by atoms with Crippen LogP contribution in [0.25, 0.3) is 0 Å². The molecule has 0 bridgehead atoms. The Morgan fingerprint density at radius 3 is 2.10 bits per heavy atom. The Labute approximate surface area is 135 Å². The molecule has 2 aromatic carbocycles. The molecule has 0 saturated heterocycles. The molecule has 3 nitrogen and oxygen atoms in total. The molecular formula is C13H8Br2F3NO2. The van der Waals surface area contributed by atoms with E-state index in [2.05, 4.69) is 36.6 Å². The topological polar surface area (TPSA) is 44.5 Å². The normalized spacial score (nSPS) is 11.3. The monoisotopic (exact) mass is 425 g/mol. The van der Waals surface area contributed by atoms with E-state index in [-0.39, 0.29) is 10.2 Å². The predicted molar refractivity (Wildman–Crippen MR) is 79.5 cm³/mol. The summed E-state index contributed by atoms with van der Waals surface area (Å²) in [7, 11) is 0. The zero-order valence-corrected chi connectivity index (χ0v) is 13.4. The highest BCUT2D eigenvalue weighted by Crippen LogP contribution is 2.36. The molecule has 21 heavy (non-hydrogen) atoms. The van der Waals surface area contributed by atoms with Gasteiger partial charge in [0.1, 0.15) is 17.2 Å². The second-order valence-electron chi connectivity index (χ2n) is 3.93. The minimum atomic E-state index is -4.75. The third-order valence-corrected chi connectivity index (χ3v) is 3.55. The molecule has 0 aliphatic heterocycles. The van der Waals surface area contributed by atoms with Gasteiger partial charge in [0.2, 0.25) is 0 Å². The van der Waals surface area contributed by atoms with Crippen LogP contribution < -0.4 is 15.2 Å². The number of hydrogen-bond donors (Lipinski definition) is 1. The first kappa shape index (κ1) is 16.0. The van der Waals surface area contributed by atoms with Gasteiger partial charge in [-0.05, 0) is 68.3 Å². The van der Waals surface area contributed by atoms with Crippen LogP contribution in [0.1, 0.15) is 0 Å². The molecule has 8 heteroatoms. The van der Waals surface area contributed by atoms with Gasteiger partial charge in [0.05, 0.1) is 8.95 Å². The van der Waals surface area contributed by atoms with Crippen molar-refractivity contribution in [2.45, 2.75) is 6.36 Å². The van der Waals surface area contributed by atoms with Gasteiger partial charge in [0, 0.05) is 5.69 Å². The van der Waals surface area contributed by atoms with Crippen LogP contribution in [0.2, 0.25) is 0 Å². The van der Waals surface area contributed by atoms with E-state index in [0.29, 0.717) is 21.7 Å². The fraction of sp³-hybridized carbons (Fsp3) is 0.0769. The van der Waals surface area contributed by atoms with Crippen LogP contribution in [0.5, 0.6) is 17.2 Å². The van der Waals surface area contributed by atoms with Gasteiger partial charge in [-0.15, -0.1) is 13.2 Å². The Morgan fingerprint density at radius 1 is 0.905 bits per heavy atom. The molecule has 2 N–H and O–H groups in total. The van der Waals surface area contributed by atoms with Gasteiger partial charge in [0.15, 0.2) is 0 Å². The predicted octanol–water partition coefficient (Wildman–Crippen LogP) is 5.48. The van der Waals surface area contributed by atoms with Crippen molar-refractivity contribution in [3.63, 3.8) is 0 Å². The maximum Gasteiger partial charge on any atom is 0.573 e. The zero-order valence-electron chi connectivity index (χ0n) is 10.2. The number of nitrogen functional groups attached to an aromatic ring is 1. The molecule has 0 heterocycles. The van der Waals surface area contributed by atoms with Crippen molar-refractivity contribution < 1.29 is 22.6 Å². The molecule has 0 fully saturated rings. The van der Waals surface area contributed by atoms with Crippen LogP contribution in [0.15, 0.2) is 45.3 Å². The molecule has 0 unspecified atom stereocenters.